The van der Waals surface area contributed by atoms with Gasteiger partial charge in [-0.25, -0.2) is 8.42 Å². The van der Waals surface area contributed by atoms with E-state index in [2.05, 4.69) is 10.0 Å². The summed E-state index contributed by atoms with van der Waals surface area (Å²) in [5.74, 6) is 0.537. The predicted molar refractivity (Wildman–Crippen MR) is 88.1 cm³/mol. The normalized spacial score (nSPS) is 10.9. The standard InChI is InChI=1S/C14H16N2O5S2/c1-15-14(17)13-7-10(8-22-13)23(18,19)16-11-5-4-9(20-2)6-12(11)21-3/h4-8,16H,1-3H3,(H,15,17). The second-order valence-electron chi connectivity index (χ2n) is 4.40. The number of thiophene rings is 1. The maximum atomic E-state index is 12.4. The van der Waals surface area contributed by atoms with Gasteiger partial charge in [0.1, 0.15) is 11.5 Å². The van der Waals surface area contributed by atoms with E-state index in [0.29, 0.717) is 16.4 Å². The zero-order valence-electron chi connectivity index (χ0n) is 12.7. The van der Waals surface area contributed by atoms with Gasteiger partial charge in [-0.05, 0) is 18.2 Å². The minimum Gasteiger partial charge on any atom is -0.497 e. The Labute approximate surface area is 138 Å². The molecule has 1 heterocycles. The van der Waals surface area contributed by atoms with Crippen LogP contribution in [0, 0.1) is 0 Å². The number of nitrogens with one attached hydrogen (secondary N) is 2. The van der Waals surface area contributed by atoms with Crippen LogP contribution in [-0.4, -0.2) is 35.6 Å². The van der Waals surface area contributed by atoms with Gasteiger partial charge in [-0.1, -0.05) is 0 Å². The fraction of sp³-hybridized carbons (Fsp3) is 0.214. The van der Waals surface area contributed by atoms with Crippen LogP contribution >= 0.6 is 11.3 Å². The smallest absolute Gasteiger partial charge is 0.262 e. The first-order valence-electron chi connectivity index (χ1n) is 6.46. The molecule has 0 spiro atoms. The van der Waals surface area contributed by atoms with Gasteiger partial charge >= 0.3 is 0 Å². The van der Waals surface area contributed by atoms with E-state index in [-0.39, 0.29) is 16.5 Å². The van der Waals surface area contributed by atoms with Crippen molar-refractivity contribution in [2.24, 2.45) is 0 Å². The minimum atomic E-state index is -3.83. The number of benzene rings is 1. The van der Waals surface area contributed by atoms with Crippen LogP contribution < -0.4 is 19.5 Å². The lowest BCUT2D eigenvalue weighted by atomic mass is 10.3. The third kappa shape index (κ3) is 3.74. The van der Waals surface area contributed by atoms with E-state index < -0.39 is 10.0 Å². The first kappa shape index (κ1) is 17.1. The van der Waals surface area contributed by atoms with Crippen LogP contribution in [0.15, 0.2) is 34.5 Å². The average Bonchev–Trinajstić information content (AvgIpc) is 3.05. The van der Waals surface area contributed by atoms with E-state index in [0.717, 1.165) is 11.3 Å². The van der Waals surface area contributed by atoms with Crippen molar-refractivity contribution in [3.05, 3.63) is 34.5 Å². The molecule has 9 heteroatoms. The van der Waals surface area contributed by atoms with Crippen molar-refractivity contribution in [1.29, 1.82) is 0 Å². The average molecular weight is 356 g/mol. The molecule has 0 aliphatic heterocycles. The van der Waals surface area contributed by atoms with Crippen LogP contribution in [-0.2, 0) is 10.0 Å². The molecule has 2 N–H and O–H groups in total. The molecule has 0 bridgehead atoms. The van der Waals surface area contributed by atoms with Gasteiger partial charge in [0.2, 0.25) is 0 Å². The molecule has 0 fully saturated rings. The molecule has 0 saturated carbocycles. The summed E-state index contributed by atoms with van der Waals surface area (Å²) < 4.78 is 37.5. The number of carbonyl (C=O) groups excluding carboxylic acids is 1. The van der Waals surface area contributed by atoms with Crippen molar-refractivity contribution in [3.63, 3.8) is 0 Å². The second kappa shape index (κ2) is 6.88. The third-order valence-electron chi connectivity index (χ3n) is 2.99. The monoisotopic (exact) mass is 356 g/mol. The summed E-state index contributed by atoms with van der Waals surface area (Å²) in [5.41, 5.74) is 0.279. The summed E-state index contributed by atoms with van der Waals surface area (Å²) in [4.78, 5) is 11.9. The van der Waals surface area contributed by atoms with Crippen molar-refractivity contribution in [2.45, 2.75) is 4.90 Å². The number of methoxy groups -OCH3 is 2. The first-order valence-corrected chi connectivity index (χ1v) is 8.83. The van der Waals surface area contributed by atoms with Gasteiger partial charge in [-0.3, -0.25) is 9.52 Å². The third-order valence-corrected chi connectivity index (χ3v) is 5.41. The number of rotatable bonds is 6. The van der Waals surface area contributed by atoms with Crippen molar-refractivity contribution in [3.8, 4) is 11.5 Å². The van der Waals surface area contributed by atoms with Crippen LogP contribution in [0.1, 0.15) is 9.67 Å². The summed E-state index contributed by atoms with van der Waals surface area (Å²) in [6, 6.07) is 6.05. The van der Waals surface area contributed by atoms with Crippen molar-refractivity contribution in [2.75, 3.05) is 26.0 Å². The molecule has 0 saturated heterocycles. The minimum absolute atomic E-state index is 0.0129. The highest BCUT2D eigenvalue weighted by Crippen LogP contribution is 2.31. The molecule has 1 amide bonds. The SMILES string of the molecule is CNC(=O)c1cc(S(=O)(=O)Nc2ccc(OC)cc2OC)cs1. The van der Waals surface area contributed by atoms with Gasteiger partial charge in [-0.2, -0.15) is 0 Å². The maximum absolute atomic E-state index is 12.4. The molecule has 0 radical (unpaired) electrons. The van der Waals surface area contributed by atoms with E-state index in [1.807, 2.05) is 0 Å². The quantitative estimate of drug-likeness (QED) is 0.825. The van der Waals surface area contributed by atoms with Crippen LogP contribution in [0.4, 0.5) is 5.69 Å². The van der Waals surface area contributed by atoms with Gasteiger partial charge in [0.25, 0.3) is 15.9 Å². The number of sulfonamides is 1. The summed E-state index contributed by atoms with van der Waals surface area (Å²) >= 11 is 1.05. The molecule has 2 aromatic rings. The number of ether oxygens (including phenoxy) is 2. The zero-order chi connectivity index (χ0) is 17.0. The van der Waals surface area contributed by atoms with E-state index in [1.165, 1.54) is 32.7 Å². The summed E-state index contributed by atoms with van der Waals surface area (Å²) in [6.07, 6.45) is 0. The number of hydrogen-bond donors (Lipinski definition) is 2. The van der Waals surface area contributed by atoms with E-state index in [9.17, 15) is 13.2 Å². The highest BCUT2D eigenvalue weighted by Gasteiger charge is 2.20. The largest absolute Gasteiger partial charge is 0.497 e. The molecule has 1 aromatic carbocycles. The lowest BCUT2D eigenvalue weighted by Crippen LogP contribution is -2.16. The molecule has 1 aromatic heterocycles. The van der Waals surface area contributed by atoms with E-state index >= 15 is 0 Å². The Morgan fingerprint density at radius 2 is 1.91 bits per heavy atom. The molecule has 124 valence electrons. The molecule has 23 heavy (non-hydrogen) atoms. The first-order chi connectivity index (χ1) is 10.9. The Kier molecular flexibility index (Phi) is 5.12. The predicted octanol–water partition coefficient (Wildman–Crippen LogP) is 1.93. The second-order valence-corrected chi connectivity index (χ2v) is 6.99. The highest BCUT2D eigenvalue weighted by molar-refractivity contribution is 7.92. The molecule has 7 nitrogen and oxygen atoms in total. The molecule has 2 rings (SSSR count). The van der Waals surface area contributed by atoms with Crippen LogP contribution in [0.5, 0.6) is 11.5 Å². The fourth-order valence-corrected chi connectivity index (χ4v) is 4.08. The molecule has 0 aliphatic rings. The van der Waals surface area contributed by atoms with Crippen molar-refractivity contribution < 1.29 is 22.7 Å². The van der Waals surface area contributed by atoms with Crippen LogP contribution in [0.25, 0.3) is 0 Å². The Hall–Kier alpha value is -2.26. The number of hydrogen-bond acceptors (Lipinski definition) is 6. The summed E-state index contributed by atoms with van der Waals surface area (Å²) in [6.45, 7) is 0. The Balaban J connectivity index is 2.31. The van der Waals surface area contributed by atoms with Crippen LogP contribution in [0.3, 0.4) is 0 Å². The number of carbonyl (C=O) groups is 1. The maximum Gasteiger partial charge on any atom is 0.262 e. The number of amides is 1. The lowest BCUT2D eigenvalue weighted by molar-refractivity contribution is 0.0967. The van der Waals surface area contributed by atoms with E-state index in [1.54, 1.807) is 18.2 Å². The van der Waals surface area contributed by atoms with Gasteiger partial charge in [-0.15, -0.1) is 11.3 Å². The van der Waals surface area contributed by atoms with Gasteiger partial charge in [0.05, 0.1) is 29.7 Å². The van der Waals surface area contributed by atoms with Crippen LogP contribution in [0.2, 0.25) is 0 Å². The van der Waals surface area contributed by atoms with Gasteiger partial charge in [0, 0.05) is 18.5 Å². The van der Waals surface area contributed by atoms with Gasteiger partial charge in [0.15, 0.2) is 0 Å². The topological polar surface area (TPSA) is 93.7 Å². The molecule has 0 unspecified atom stereocenters. The zero-order valence-corrected chi connectivity index (χ0v) is 14.4. The van der Waals surface area contributed by atoms with Crippen molar-refractivity contribution in [1.82, 2.24) is 5.32 Å². The fourth-order valence-electron chi connectivity index (χ4n) is 1.79. The van der Waals surface area contributed by atoms with Gasteiger partial charge < -0.3 is 14.8 Å². The molecule has 0 aliphatic carbocycles. The Morgan fingerprint density at radius 1 is 1.17 bits per heavy atom. The number of anilines is 1. The molecular weight excluding hydrogens is 340 g/mol. The summed E-state index contributed by atoms with van der Waals surface area (Å²) in [7, 11) is 0.592. The Morgan fingerprint density at radius 3 is 2.52 bits per heavy atom. The lowest BCUT2D eigenvalue weighted by Gasteiger charge is -2.12. The molecule has 0 atom stereocenters. The molecular formula is C14H16N2O5S2. The van der Waals surface area contributed by atoms with Crippen molar-refractivity contribution >= 4 is 33.0 Å². The highest BCUT2D eigenvalue weighted by atomic mass is 32.2. The Bertz CT molecular complexity index is 814. The summed E-state index contributed by atoms with van der Waals surface area (Å²) in [5, 5.41) is 3.85. The van der Waals surface area contributed by atoms with E-state index in [4.69, 9.17) is 9.47 Å².